The first kappa shape index (κ1) is 20.6. The van der Waals surface area contributed by atoms with E-state index in [1.165, 1.54) is 18.2 Å². The van der Waals surface area contributed by atoms with Crippen molar-refractivity contribution in [3.8, 4) is 5.69 Å². The van der Waals surface area contributed by atoms with Gasteiger partial charge < -0.3 is 5.32 Å². The van der Waals surface area contributed by atoms with Gasteiger partial charge in [-0.15, -0.1) is 10.2 Å². The summed E-state index contributed by atoms with van der Waals surface area (Å²) in [5.41, 5.74) is 0.586. The molecule has 0 bridgehead atoms. The highest BCUT2D eigenvalue weighted by Gasteiger charge is 2.19. The molecule has 0 atom stereocenters. The number of carbonyl (C=O) groups is 1. The van der Waals surface area contributed by atoms with Crippen LogP contribution in [0.15, 0.2) is 47.6 Å². The normalized spacial score (nSPS) is 10.9. The number of thioether (sulfide) groups is 1. The molecule has 0 radical (unpaired) electrons. The first-order valence-electron chi connectivity index (χ1n) is 8.56. The Kier molecular flexibility index (Phi) is 6.93. The number of rotatable bonds is 7. The molecule has 1 N–H and O–H groups in total. The van der Waals surface area contributed by atoms with Crippen LogP contribution >= 0.6 is 35.0 Å². The molecule has 1 aromatic heterocycles. The van der Waals surface area contributed by atoms with Crippen molar-refractivity contribution >= 4 is 40.9 Å². The van der Waals surface area contributed by atoms with Crippen LogP contribution in [-0.4, -0.2) is 26.4 Å². The second-order valence-corrected chi connectivity index (χ2v) is 7.75. The van der Waals surface area contributed by atoms with E-state index in [4.69, 9.17) is 23.2 Å². The number of carbonyl (C=O) groups excluding carboxylic acids is 1. The summed E-state index contributed by atoms with van der Waals surface area (Å²) in [6.07, 6.45) is 0.977. The SMILES string of the molecule is CCCSc1nnc(CNC(=O)c2c(F)cccc2Cl)n1-c1cccc(Cl)c1. The summed E-state index contributed by atoms with van der Waals surface area (Å²) in [4.78, 5) is 12.4. The summed E-state index contributed by atoms with van der Waals surface area (Å²) < 4.78 is 15.8. The Hall–Kier alpha value is -2.09. The van der Waals surface area contributed by atoms with Gasteiger partial charge in [0.15, 0.2) is 11.0 Å². The molecule has 0 fully saturated rings. The van der Waals surface area contributed by atoms with Crippen molar-refractivity contribution in [3.63, 3.8) is 0 Å². The highest BCUT2D eigenvalue weighted by molar-refractivity contribution is 7.99. The van der Waals surface area contributed by atoms with Crippen LogP contribution in [0.1, 0.15) is 29.5 Å². The molecule has 0 aliphatic carbocycles. The van der Waals surface area contributed by atoms with Crippen molar-refractivity contribution < 1.29 is 9.18 Å². The molecule has 0 aliphatic rings. The lowest BCUT2D eigenvalue weighted by Gasteiger charge is -2.12. The molecule has 2 aromatic carbocycles. The molecule has 1 heterocycles. The number of benzene rings is 2. The molecule has 1 amide bonds. The van der Waals surface area contributed by atoms with Crippen LogP contribution in [0.5, 0.6) is 0 Å². The summed E-state index contributed by atoms with van der Waals surface area (Å²) in [5.74, 6) is 0.0734. The van der Waals surface area contributed by atoms with Gasteiger partial charge in [-0.1, -0.05) is 54.0 Å². The number of hydrogen-bond donors (Lipinski definition) is 1. The molecule has 9 heteroatoms. The molecule has 0 saturated heterocycles. The van der Waals surface area contributed by atoms with Crippen molar-refractivity contribution in [1.29, 1.82) is 0 Å². The van der Waals surface area contributed by atoms with Crippen LogP contribution in [-0.2, 0) is 6.54 Å². The Balaban J connectivity index is 1.88. The third-order valence-electron chi connectivity index (χ3n) is 3.80. The summed E-state index contributed by atoms with van der Waals surface area (Å²) in [6, 6.07) is 11.4. The lowest BCUT2D eigenvalue weighted by molar-refractivity contribution is 0.0946. The quantitative estimate of drug-likeness (QED) is 0.518. The van der Waals surface area contributed by atoms with E-state index in [0.717, 1.165) is 17.9 Å². The van der Waals surface area contributed by atoms with Crippen molar-refractivity contribution in [2.75, 3.05) is 5.75 Å². The lowest BCUT2D eigenvalue weighted by atomic mass is 10.2. The Bertz CT molecular complexity index is 976. The minimum Gasteiger partial charge on any atom is -0.345 e. The van der Waals surface area contributed by atoms with E-state index in [1.807, 2.05) is 16.7 Å². The molecule has 0 aliphatic heterocycles. The number of halogens is 3. The standard InChI is InChI=1S/C19H17Cl2FN4OS/c1-2-9-28-19-25-24-16(26(19)13-6-3-5-12(20)10-13)11-23-18(27)17-14(21)7-4-8-15(17)22/h3-8,10H,2,9,11H2,1H3,(H,23,27). The number of nitrogens with one attached hydrogen (secondary N) is 1. The van der Waals surface area contributed by atoms with E-state index in [0.29, 0.717) is 16.0 Å². The van der Waals surface area contributed by atoms with Crippen molar-refractivity contribution in [3.05, 3.63) is 69.7 Å². The fraction of sp³-hybridized carbons (Fsp3) is 0.211. The maximum atomic E-state index is 14.0. The first-order valence-corrected chi connectivity index (χ1v) is 10.3. The average molecular weight is 439 g/mol. The van der Waals surface area contributed by atoms with Crippen LogP contribution in [0.4, 0.5) is 4.39 Å². The average Bonchev–Trinajstić information content (AvgIpc) is 3.07. The van der Waals surface area contributed by atoms with Gasteiger partial charge in [0.05, 0.1) is 22.8 Å². The summed E-state index contributed by atoms with van der Waals surface area (Å²) >= 11 is 13.6. The van der Waals surface area contributed by atoms with Gasteiger partial charge in [0, 0.05) is 10.8 Å². The van der Waals surface area contributed by atoms with Crippen molar-refractivity contribution in [2.45, 2.75) is 25.0 Å². The molecule has 5 nitrogen and oxygen atoms in total. The van der Waals surface area contributed by atoms with Gasteiger partial charge in [0.2, 0.25) is 0 Å². The predicted octanol–water partition coefficient (Wildman–Crippen LogP) is 5.15. The van der Waals surface area contributed by atoms with E-state index in [1.54, 1.807) is 23.9 Å². The van der Waals surface area contributed by atoms with Gasteiger partial charge >= 0.3 is 0 Å². The smallest absolute Gasteiger partial charge is 0.256 e. The number of hydrogen-bond acceptors (Lipinski definition) is 4. The number of aromatic nitrogens is 3. The number of nitrogens with zero attached hydrogens (tertiary/aromatic N) is 3. The van der Waals surface area contributed by atoms with E-state index < -0.39 is 11.7 Å². The Morgan fingerprint density at radius 2 is 2.00 bits per heavy atom. The van der Waals surface area contributed by atoms with Crippen molar-refractivity contribution in [2.24, 2.45) is 0 Å². The van der Waals surface area contributed by atoms with Crippen molar-refractivity contribution in [1.82, 2.24) is 20.1 Å². The molecule has 0 unspecified atom stereocenters. The first-order chi connectivity index (χ1) is 13.5. The highest BCUT2D eigenvalue weighted by atomic mass is 35.5. The predicted molar refractivity (Wildman–Crippen MR) is 110 cm³/mol. The summed E-state index contributed by atoms with van der Waals surface area (Å²) in [7, 11) is 0. The zero-order valence-corrected chi connectivity index (χ0v) is 17.3. The van der Waals surface area contributed by atoms with Crippen LogP contribution < -0.4 is 5.32 Å². The van der Waals surface area contributed by atoms with E-state index >= 15 is 0 Å². The lowest BCUT2D eigenvalue weighted by Crippen LogP contribution is -2.26. The molecular weight excluding hydrogens is 422 g/mol. The zero-order chi connectivity index (χ0) is 20.1. The molecular formula is C19H17Cl2FN4OS. The second-order valence-electron chi connectivity index (χ2n) is 5.84. The third-order valence-corrected chi connectivity index (χ3v) is 5.48. The minimum absolute atomic E-state index is 0.0491. The second kappa shape index (κ2) is 9.41. The Morgan fingerprint density at radius 1 is 1.21 bits per heavy atom. The van der Waals surface area contributed by atoms with E-state index in [9.17, 15) is 9.18 Å². The largest absolute Gasteiger partial charge is 0.345 e. The molecule has 3 aromatic rings. The van der Waals surface area contributed by atoms with Gasteiger partial charge in [-0.25, -0.2) is 4.39 Å². The monoisotopic (exact) mass is 438 g/mol. The Labute approximate surface area is 176 Å². The Morgan fingerprint density at radius 3 is 2.71 bits per heavy atom. The van der Waals surface area contributed by atoms with Gasteiger partial charge in [-0.2, -0.15) is 0 Å². The molecule has 3 rings (SSSR count). The fourth-order valence-corrected chi connectivity index (χ4v) is 3.80. The van der Waals surface area contributed by atoms with Gasteiger partial charge in [-0.05, 0) is 36.8 Å². The van der Waals surface area contributed by atoms with Gasteiger partial charge in [-0.3, -0.25) is 9.36 Å². The van der Waals surface area contributed by atoms with Crippen LogP contribution in [0.25, 0.3) is 5.69 Å². The molecule has 0 saturated carbocycles. The van der Waals surface area contributed by atoms with Crippen LogP contribution in [0.2, 0.25) is 10.0 Å². The van der Waals surface area contributed by atoms with Crippen LogP contribution in [0, 0.1) is 5.82 Å². The maximum Gasteiger partial charge on any atom is 0.256 e. The summed E-state index contributed by atoms with van der Waals surface area (Å²) in [6.45, 7) is 2.13. The molecule has 146 valence electrons. The van der Waals surface area contributed by atoms with E-state index in [-0.39, 0.29) is 17.1 Å². The van der Waals surface area contributed by atoms with Crippen LogP contribution in [0.3, 0.4) is 0 Å². The zero-order valence-electron chi connectivity index (χ0n) is 15.0. The minimum atomic E-state index is -0.680. The third kappa shape index (κ3) is 4.66. The van der Waals surface area contributed by atoms with Gasteiger partial charge in [0.1, 0.15) is 5.82 Å². The summed E-state index contributed by atoms with van der Waals surface area (Å²) in [5, 5.41) is 12.4. The fourth-order valence-electron chi connectivity index (χ4n) is 2.54. The number of amides is 1. The molecule has 0 spiro atoms. The molecule has 28 heavy (non-hydrogen) atoms. The highest BCUT2D eigenvalue weighted by Crippen LogP contribution is 2.25. The maximum absolute atomic E-state index is 14.0. The van der Waals surface area contributed by atoms with E-state index in [2.05, 4.69) is 22.4 Å². The van der Waals surface area contributed by atoms with Gasteiger partial charge in [0.25, 0.3) is 5.91 Å². The topological polar surface area (TPSA) is 59.8 Å².